The highest BCUT2D eigenvalue weighted by Gasteiger charge is 2.11. The summed E-state index contributed by atoms with van der Waals surface area (Å²) in [5.74, 6) is 0.943. The van der Waals surface area contributed by atoms with E-state index >= 15 is 0 Å². The first-order valence-corrected chi connectivity index (χ1v) is 8.24. The van der Waals surface area contributed by atoms with Gasteiger partial charge in [0.15, 0.2) is 5.76 Å². The van der Waals surface area contributed by atoms with Gasteiger partial charge in [0, 0.05) is 27.6 Å². The Labute approximate surface area is 137 Å². The van der Waals surface area contributed by atoms with Crippen molar-refractivity contribution in [2.75, 3.05) is 12.3 Å². The molecule has 0 aliphatic carbocycles. The normalized spacial score (nSPS) is 10.8. The number of carbonyl (C=O) groups is 1. The van der Waals surface area contributed by atoms with Gasteiger partial charge in [-0.15, -0.1) is 11.8 Å². The lowest BCUT2D eigenvalue weighted by Gasteiger charge is -2.03. The predicted octanol–water partition coefficient (Wildman–Crippen LogP) is 4.61. The van der Waals surface area contributed by atoms with Crippen LogP contribution in [0.3, 0.4) is 0 Å². The predicted molar refractivity (Wildman–Crippen MR) is 90.7 cm³/mol. The molecule has 0 aliphatic rings. The molecule has 0 fully saturated rings. The number of hydrogen-bond acceptors (Lipinski definition) is 3. The van der Waals surface area contributed by atoms with Crippen LogP contribution in [0.25, 0.3) is 11.0 Å². The average Bonchev–Trinajstić information content (AvgIpc) is 2.97. The van der Waals surface area contributed by atoms with Gasteiger partial charge in [0.2, 0.25) is 0 Å². The van der Waals surface area contributed by atoms with Gasteiger partial charge < -0.3 is 9.73 Å². The highest BCUT2D eigenvalue weighted by Crippen LogP contribution is 2.20. The third kappa shape index (κ3) is 3.64. The molecule has 0 unspecified atom stereocenters. The van der Waals surface area contributed by atoms with Crippen LogP contribution < -0.4 is 5.32 Å². The van der Waals surface area contributed by atoms with Crippen LogP contribution in [-0.2, 0) is 0 Å². The van der Waals surface area contributed by atoms with Crippen LogP contribution in [0.15, 0.2) is 63.9 Å². The Kier molecular flexibility index (Phi) is 4.71. The summed E-state index contributed by atoms with van der Waals surface area (Å²) in [5, 5.41) is 4.52. The molecule has 2 aromatic carbocycles. The first kappa shape index (κ1) is 15.0. The Morgan fingerprint density at radius 3 is 2.68 bits per heavy atom. The number of benzene rings is 2. The second-order valence-corrected chi connectivity index (χ2v) is 6.31. The first-order valence-electron chi connectivity index (χ1n) is 6.87. The summed E-state index contributed by atoms with van der Waals surface area (Å²) in [6.07, 6.45) is 0. The van der Waals surface area contributed by atoms with Gasteiger partial charge in [-0.3, -0.25) is 4.79 Å². The van der Waals surface area contributed by atoms with E-state index in [1.165, 1.54) is 0 Å². The molecule has 1 heterocycles. The SMILES string of the molecule is O=C(NCCSc1ccc(Cl)cc1)c1cc2ccccc2o1. The van der Waals surface area contributed by atoms with E-state index in [4.69, 9.17) is 16.0 Å². The zero-order chi connectivity index (χ0) is 15.4. The minimum atomic E-state index is -0.187. The Balaban J connectivity index is 1.50. The summed E-state index contributed by atoms with van der Waals surface area (Å²) in [7, 11) is 0. The van der Waals surface area contributed by atoms with Crippen LogP contribution >= 0.6 is 23.4 Å². The fourth-order valence-corrected chi connectivity index (χ4v) is 2.94. The minimum absolute atomic E-state index is 0.187. The summed E-state index contributed by atoms with van der Waals surface area (Å²) in [4.78, 5) is 13.2. The van der Waals surface area contributed by atoms with Crippen LogP contribution in [0.5, 0.6) is 0 Å². The Hall–Kier alpha value is -1.91. The molecule has 0 bridgehead atoms. The van der Waals surface area contributed by atoms with Crippen molar-refractivity contribution in [3.05, 3.63) is 65.4 Å². The lowest BCUT2D eigenvalue weighted by atomic mass is 10.2. The van der Waals surface area contributed by atoms with E-state index in [1.54, 1.807) is 17.8 Å². The van der Waals surface area contributed by atoms with E-state index in [1.807, 2.05) is 48.5 Å². The lowest BCUT2D eigenvalue weighted by Crippen LogP contribution is -2.25. The number of halogens is 1. The van der Waals surface area contributed by atoms with Crippen molar-refractivity contribution >= 4 is 40.2 Å². The zero-order valence-electron chi connectivity index (χ0n) is 11.7. The second kappa shape index (κ2) is 6.90. The summed E-state index contributed by atoms with van der Waals surface area (Å²) < 4.78 is 5.52. The lowest BCUT2D eigenvalue weighted by molar-refractivity contribution is 0.0930. The third-order valence-corrected chi connectivity index (χ3v) is 4.39. The maximum atomic E-state index is 12.0. The molecule has 0 spiro atoms. The molecule has 0 saturated heterocycles. The number of thioether (sulfide) groups is 1. The van der Waals surface area contributed by atoms with Crippen molar-refractivity contribution in [3.8, 4) is 0 Å². The van der Waals surface area contributed by atoms with E-state index in [2.05, 4.69) is 5.32 Å². The largest absolute Gasteiger partial charge is 0.451 e. The molecule has 0 aliphatic heterocycles. The van der Waals surface area contributed by atoms with Gasteiger partial charge in [-0.1, -0.05) is 29.8 Å². The highest BCUT2D eigenvalue weighted by molar-refractivity contribution is 7.99. The molecule has 0 saturated carbocycles. The summed E-state index contributed by atoms with van der Waals surface area (Å²) in [6, 6.07) is 17.0. The molecule has 3 aromatic rings. The van der Waals surface area contributed by atoms with Crippen LogP contribution in [-0.4, -0.2) is 18.2 Å². The second-order valence-electron chi connectivity index (χ2n) is 4.71. The van der Waals surface area contributed by atoms with Crippen LogP contribution in [0, 0.1) is 0 Å². The molecule has 3 rings (SSSR count). The van der Waals surface area contributed by atoms with E-state index in [9.17, 15) is 4.79 Å². The van der Waals surface area contributed by atoms with Crippen molar-refractivity contribution < 1.29 is 9.21 Å². The summed E-state index contributed by atoms with van der Waals surface area (Å²) >= 11 is 7.51. The molecule has 0 radical (unpaired) electrons. The van der Waals surface area contributed by atoms with Crippen molar-refractivity contribution in [1.29, 1.82) is 0 Å². The number of amides is 1. The minimum Gasteiger partial charge on any atom is -0.451 e. The van der Waals surface area contributed by atoms with E-state index in [-0.39, 0.29) is 5.91 Å². The monoisotopic (exact) mass is 331 g/mol. The van der Waals surface area contributed by atoms with E-state index in [0.29, 0.717) is 12.3 Å². The molecule has 22 heavy (non-hydrogen) atoms. The highest BCUT2D eigenvalue weighted by atomic mass is 35.5. The van der Waals surface area contributed by atoms with Gasteiger partial charge in [0.05, 0.1) is 0 Å². The molecule has 3 nitrogen and oxygen atoms in total. The van der Waals surface area contributed by atoms with Gasteiger partial charge in [0.25, 0.3) is 5.91 Å². The van der Waals surface area contributed by atoms with Crippen LogP contribution in [0.1, 0.15) is 10.6 Å². The smallest absolute Gasteiger partial charge is 0.287 e. The number of furan rings is 1. The number of para-hydroxylation sites is 1. The fraction of sp³-hybridized carbons (Fsp3) is 0.118. The molecule has 112 valence electrons. The average molecular weight is 332 g/mol. The number of fused-ring (bicyclic) bond motifs is 1. The molecule has 1 N–H and O–H groups in total. The molecular weight excluding hydrogens is 318 g/mol. The third-order valence-electron chi connectivity index (χ3n) is 3.12. The Morgan fingerprint density at radius 2 is 1.91 bits per heavy atom. The van der Waals surface area contributed by atoms with Crippen molar-refractivity contribution in [2.45, 2.75) is 4.90 Å². The van der Waals surface area contributed by atoms with Gasteiger partial charge in [-0.25, -0.2) is 0 Å². The zero-order valence-corrected chi connectivity index (χ0v) is 13.3. The topological polar surface area (TPSA) is 42.2 Å². The Morgan fingerprint density at radius 1 is 1.14 bits per heavy atom. The summed E-state index contributed by atoms with van der Waals surface area (Å²) in [5.41, 5.74) is 0.725. The fourth-order valence-electron chi connectivity index (χ4n) is 2.05. The van der Waals surface area contributed by atoms with Gasteiger partial charge in [-0.05, 0) is 36.4 Å². The van der Waals surface area contributed by atoms with Crippen molar-refractivity contribution in [3.63, 3.8) is 0 Å². The summed E-state index contributed by atoms with van der Waals surface area (Å²) in [6.45, 7) is 0.573. The number of nitrogens with one attached hydrogen (secondary N) is 1. The van der Waals surface area contributed by atoms with Crippen LogP contribution in [0.2, 0.25) is 5.02 Å². The van der Waals surface area contributed by atoms with E-state index < -0.39 is 0 Å². The molecular formula is C17H14ClNO2S. The van der Waals surface area contributed by atoms with E-state index in [0.717, 1.165) is 26.6 Å². The standard InChI is InChI=1S/C17H14ClNO2S/c18-13-5-7-14(8-6-13)22-10-9-19-17(20)16-11-12-3-1-2-4-15(12)21-16/h1-8,11H,9-10H2,(H,19,20). The molecule has 0 atom stereocenters. The van der Waals surface area contributed by atoms with Gasteiger partial charge in [0.1, 0.15) is 5.58 Å². The van der Waals surface area contributed by atoms with Gasteiger partial charge in [-0.2, -0.15) is 0 Å². The molecule has 1 amide bonds. The quantitative estimate of drug-likeness (QED) is 0.548. The maximum absolute atomic E-state index is 12.0. The number of hydrogen-bond donors (Lipinski definition) is 1. The van der Waals surface area contributed by atoms with Crippen LogP contribution in [0.4, 0.5) is 0 Å². The number of rotatable bonds is 5. The maximum Gasteiger partial charge on any atom is 0.287 e. The molecule has 1 aromatic heterocycles. The van der Waals surface area contributed by atoms with Crippen molar-refractivity contribution in [2.24, 2.45) is 0 Å². The number of carbonyl (C=O) groups excluding carboxylic acids is 1. The Bertz CT molecular complexity index is 750. The first-order chi connectivity index (χ1) is 10.7. The molecule has 5 heteroatoms. The van der Waals surface area contributed by atoms with Crippen molar-refractivity contribution in [1.82, 2.24) is 5.32 Å². The van der Waals surface area contributed by atoms with Gasteiger partial charge >= 0.3 is 0 Å².